The van der Waals surface area contributed by atoms with Crippen LogP contribution in [0, 0.1) is 0 Å². The molecule has 0 bridgehead atoms. The van der Waals surface area contributed by atoms with Crippen molar-refractivity contribution in [1.29, 1.82) is 0 Å². The average Bonchev–Trinajstić information content (AvgIpc) is 1.62. The molecule has 0 saturated carbocycles. The van der Waals surface area contributed by atoms with Crippen molar-refractivity contribution in [1.82, 2.24) is 0 Å². The summed E-state index contributed by atoms with van der Waals surface area (Å²) in [6.45, 7) is 0. The Morgan fingerprint density at radius 3 is 0.304 bits per heavy atom. The SMILES string of the molecule is O=[As]([O-])([O-])[O-].O=[As]([O-])([O-])[O-].O=[As]([O-])([O-])[O-].O=[As]([O-])([O-])[O-].[Re].[Re].[Re]. The molecule has 0 amide bonds. The minimum absolute atomic E-state index is 0. The van der Waals surface area contributed by atoms with E-state index in [1.807, 2.05) is 0 Å². The second kappa shape index (κ2) is 19.7. The smallest absolute Gasteiger partial charge is 0 e. The van der Waals surface area contributed by atoms with Gasteiger partial charge < -0.3 is 0 Å². The van der Waals surface area contributed by atoms with Gasteiger partial charge in [0.15, 0.2) is 0 Å². The Morgan fingerprint density at radius 1 is 0.304 bits per heavy atom. The predicted octanol–water partition coefficient (Wildman–Crippen LogP) is -16.3. The first kappa shape index (κ1) is 45.0. The second-order valence-corrected chi connectivity index (χ2v) is 9.30. The third-order valence-electron chi connectivity index (χ3n) is 0. The van der Waals surface area contributed by atoms with Crippen LogP contribution in [0.5, 0.6) is 0 Å². The van der Waals surface area contributed by atoms with E-state index in [1.165, 1.54) is 0 Å². The summed E-state index contributed by atoms with van der Waals surface area (Å²) in [5, 5.41) is 0. The second-order valence-electron chi connectivity index (χ2n) is 1.79. The normalized spacial score (nSPS) is 10.3. The first-order valence-corrected chi connectivity index (χ1v) is 15.2. The molecule has 16 nitrogen and oxygen atoms in total. The molecule has 0 atom stereocenters. The zero-order chi connectivity index (χ0) is 18.0. The first-order valence-electron chi connectivity index (χ1n) is 2.92. The van der Waals surface area contributed by atoms with Gasteiger partial charge in [-0.3, -0.25) is 0 Å². The third-order valence-corrected chi connectivity index (χ3v) is 0. The maximum Gasteiger partial charge on any atom is 0 e. The van der Waals surface area contributed by atoms with Crippen molar-refractivity contribution >= 4 is 58.1 Å². The largest absolute Gasteiger partial charge is 0 e. The Hall–Kier alpha value is 2.94. The molecule has 0 fully saturated rings. The summed E-state index contributed by atoms with van der Waals surface area (Å²) in [6, 6.07) is 0. The molecule has 0 rings (SSSR count). The Kier molecular flexibility index (Phi) is 38.5. The molecule has 0 aliphatic carbocycles. The van der Waals surface area contributed by atoms with Crippen LogP contribution in [0.4, 0.5) is 0 Å². The van der Waals surface area contributed by atoms with Gasteiger partial charge in [-0.25, -0.2) is 0 Å². The van der Waals surface area contributed by atoms with E-state index in [4.69, 9.17) is 64.1 Å². The minimum atomic E-state index is -5.88. The standard InChI is InChI=1S/4AsH3O4.3Re/c4*2-1(3,4)5;;;/h4*(H3,2,3,4,5);;;/p-12. The molecule has 149 valence electrons. The molecule has 0 aromatic carbocycles. The maximum atomic E-state index is 8.61. The van der Waals surface area contributed by atoms with E-state index in [1.54, 1.807) is 0 Å². The van der Waals surface area contributed by atoms with Gasteiger partial charge in [0.2, 0.25) is 0 Å². The first-order chi connectivity index (χ1) is 8.00. The van der Waals surface area contributed by atoms with Gasteiger partial charge >= 0.3 is 122 Å². The van der Waals surface area contributed by atoms with Crippen molar-refractivity contribution in [2.24, 2.45) is 0 Å². The van der Waals surface area contributed by atoms with Crippen LogP contribution in [0.2, 0.25) is 0 Å². The van der Waals surface area contributed by atoms with Crippen LogP contribution in [0.3, 0.4) is 0 Å². The van der Waals surface area contributed by atoms with Gasteiger partial charge in [0.05, 0.1) is 0 Å². The zero-order valence-corrected chi connectivity index (χ0v) is 25.1. The molecular weight excluding hydrogens is 1110 g/mol. The van der Waals surface area contributed by atoms with E-state index >= 15 is 0 Å². The molecule has 23 heteroatoms. The van der Waals surface area contributed by atoms with Gasteiger partial charge in [-0.05, 0) is 0 Å². The number of rotatable bonds is 0. The third kappa shape index (κ3) is 1520. The summed E-state index contributed by atoms with van der Waals surface area (Å²) in [5.74, 6) is 0. The Morgan fingerprint density at radius 2 is 0.304 bits per heavy atom. The van der Waals surface area contributed by atoms with Crippen molar-refractivity contribution in [2.75, 3.05) is 0 Å². The van der Waals surface area contributed by atoms with E-state index < -0.39 is 58.1 Å². The molecule has 0 heterocycles. The Balaban J connectivity index is -0.0000000284. The topological polar surface area (TPSA) is 345 Å². The van der Waals surface area contributed by atoms with Crippen LogP contribution in [-0.4, -0.2) is 58.1 Å². The van der Waals surface area contributed by atoms with Crippen LogP contribution in [0.25, 0.3) is 0 Å². The van der Waals surface area contributed by atoms with Crippen molar-refractivity contribution in [2.45, 2.75) is 0 Å². The molecular formula is As4O16Re3-12. The molecule has 0 saturated heterocycles. The average molecular weight is 1110 g/mol. The molecule has 3 radical (unpaired) electrons. The number of hydrogen-bond donors (Lipinski definition) is 0. The van der Waals surface area contributed by atoms with Gasteiger partial charge in [-0.15, -0.1) is 0 Å². The van der Waals surface area contributed by atoms with Gasteiger partial charge in [0, 0.05) is 61.3 Å². The molecule has 0 aromatic heterocycles. The van der Waals surface area contributed by atoms with E-state index in [0.29, 0.717) is 0 Å². The summed E-state index contributed by atoms with van der Waals surface area (Å²) in [4.78, 5) is 0. The Bertz CT molecular complexity index is 292. The van der Waals surface area contributed by atoms with Crippen molar-refractivity contribution in [3.63, 3.8) is 0 Å². The quantitative estimate of drug-likeness (QED) is 0.203. The summed E-state index contributed by atoms with van der Waals surface area (Å²) in [6.07, 6.45) is 0. The van der Waals surface area contributed by atoms with E-state index in [9.17, 15) is 0 Å². The van der Waals surface area contributed by atoms with Crippen molar-refractivity contribution in [3.05, 3.63) is 0 Å². The molecule has 0 aliphatic heterocycles. The summed E-state index contributed by atoms with van der Waals surface area (Å²) >= 11 is -23.5. The Labute approximate surface area is 181 Å². The summed E-state index contributed by atoms with van der Waals surface area (Å²) in [7, 11) is 0. The number of hydrogen-bond acceptors (Lipinski definition) is 16. The predicted molar refractivity (Wildman–Crippen MR) is 25.8 cm³/mol. The van der Waals surface area contributed by atoms with Gasteiger partial charge in [0.1, 0.15) is 0 Å². The zero-order valence-electron chi connectivity index (χ0n) is 9.45. The monoisotopic (exact) mass is 1120 g/mol. The fourth-order valence-corrected chi connectivity index (χ4v) is 0. The molecule has 0 unspecified atom stereocenters. The van der Waals surface area contributed by atoms with Gasteiger partial charge in [-0.2, -0.15) is 0 Å². The fourth-order valence-electron chi connectivity index (χ4n) is 0. The van der Waals surface area contributed by atoms with Crippen LogP contribution in [-0.2, 0) is 76.2 Å². The molecule has 0 aromatic rings. The van der Waals surface area contributed by atoms with Gasteiger partial charge in [0.25, 0.3) is 0 Å². The summed E-state index contributed by atoms with van der Waals surface area (Å²) in [5.41, 5.74) is 0. The van der Waals surface area contributed by atoms with E-state index in [2.05, 4.69) is 0 Å². The van der Waals surface area contributed by atoms with E-state index in [-0.39, 0.29) is 61.3 Å². The van der Waals surface area contributed by atoms with Crippen LogP contribution >= 0.6 is 0 Å². The molecule has 0 N–H and O–H groups in total. The summed E-state index contributed by atoms with van der Waals surface area (Å²) < 4.78 is 138. The van der Waals surface area contributed by atoms with Crippen LogP contribution < -0.4 is 49.1 Å². The molecule has 23 heavy (non-hydrogen) atoms. The maximum absolute atomic E-state index is 8.61. The van der Waals surface area contributed by atoms with Gasteiger partial charge in [-0.1, -0.05) is 0 Å². The van der Waals surface area contributed by atoms with Crippen LogP contribution in [0.1, 0.15) is 0 Å². The van der Waals surface area contributed by atoms with Crippen molar-refractivity contribution < 1.29 is 125 Å². The van der Waals surface area contributed by atoms with E-state index in [0.717, 1.165) is 0 Å². The van der Waals surface area contributed by atoms with Crippen molar-refractivity contribution in [3.8, 4) is 0 Å². The molecule has 0 aliphatic rings. The fraction of sp³-hybridized carbons (Fsp3) is 0. The van der Waals surface area contributed by atoms with Crippen LogP contribution in [0.15, 0.2) is 0 Å². The molecule has 0 spiro atoms. The minimum Gasteiger partial charge on any atom is 0 e.